The zero-order valence-electron chi connectivity index (χ0n) is 16.4. The Hall–Kier alpha value is -2.86. The number of methoxy groups -OCH3 is 1. The van der Waals surface area contributed by atoms with Gasteiger partial charge in [0.25, 0.3) is 5.79 Å². The van der Waals surface area contributed by atoms with Gasteiger partial charge >= 0.3 is 5.97 Å². The number of allylic oxidation sites excluding steroid dienone is 4. The number of carbonyl (C=O) groups is 2. The van der Waals surface area contributed by atoms with E-state index >= 15 is 0 Å². The van der Waals surface area contributed by atoms with Gasteiger partial charge in [0.05, 0.1) is 5.56 Å². The number of hydrogen-bond donors (Lipinski definition) is 2. The molecule has 0 amide bonds. The molecule has 0 saturated carbocycles. The minimum absolute atomic E-state index is 0.0699. The summed E-state index contributed by atoms with van der Waals surface area (Å²) in [5.41, 5.74) is 2.51. The Bertz CT molecular complexity index is 833. The van der Waals surface area contributed by atoms with Gasteiger partial charge in [-0.2, -0.15) is 0 Å². The van der Waals surface area contributed by atoms with Crippen LogP contribution in [0.2, 0.25) is 0 Å². The van der Waals surface area contributed by atoms with Crippen molar-refractivity contribution in [1.82, 2.24) is 0 Å². The molecule has 0 saturated heterocycles. The van der Waals surface area contributed by atoms with Crippen molar-refractivity contribution < 1.29 is 29.3 Å². The number of aldehydes is 1. The van der Waals surface area contributed by atoms with E-state index in [9.17, 15) is 19.8 Å². The second kappa shape index (κ2) is 9.37. The van der Waals surface area contributed by atoms with Crippen LogP contribution in [0, 0.1) is 0 Å². The van der Waals surface area contributed by atoms with Crippen LogP contribution in [0.15, 0.2) is 53.1 Å². The van der Waals surface area contributed by atoms with Gasteiger partial charge in [-0.1, -0.05) is 17.7 Å². The van der Waals surface area contributed by atoms with Gasteiger partial charge in [0, 0.05) is 18.8 Å². The van der Waals surface area contributed by atoms with Crippen LogP contribution in [0.5, 0.6) is 11.5 Å². The Balaban J connectivity index is 2.07. The molecule has 1 heterocycles. The molecule has 1 aliphatic heterocycles. The van der Waals surface area contributed by atoms with Gasteiger partial charge in [-0.05, 0) is 63.3 Å². The monoisotopic (exact) mass is 386 g/mol. The second-order valence-electron chi connectivity index (χ2n) is 6.83. The zero-order chi connectivity index (χ0) is 20.7. The van der Waals surface area contributed by atoms with E-state index in [1.807, 2.05) is 13.0 Å². The summed E-state index contributed by atoms with van der Waals surface area (Å²) in [4.78, 5) is 22.9. The third kappa shape index (κ3) is 5.10. The summed E-state index contributed by atoms with van der Waals surface area (Å²) in [5, 5.41) is 19.8. The highest BCUT2D eigenvalue weighted by Crippen LogP contribution is 2.42. The highest BCUT2D eigenvalue weighted by molar-refractivity contribution is 5.91. The van der Waals surface area contributed by atoms with Crippen molar-refractivity contribution in [3.63, 3.8) is 0 Å². The van der Waals surface area contributed by atoms with Crippen LogP contribution in [0.4, 0.5) is 0 Å². The Morgan fingerprint density at radius 2 is 1.96 bits per heavy atom. The standard InChI is InChI=1S/C22H26O6/c1-15(6-4-8-16(2)14-23)7-5-9-17-13-22(27-3,28-21(17)26)19-12-18(24)10-11-20(19)25/h7-8,10-14,24-25H,4-6,9H2,1-3H3/b15-7+,16-8+/t22-/m1/s1. The molecule has 1 aliphatic rings. The highest BCUT2D eigenvalue weighted by atomic mass is 16.7. The van der Waals surface area contributed by atoms with Crippen LogP contribution in [-0.4, -0.2) is 29.6 Å². The molecule has 28 heavy (non-hydrogen) atoms. The van der Waals surface area contributed by atoms with Crippen LogP contribution in [0.1, 0.15) is 45.1 Å². The van der Waals surface area contributed by atoms with Gasteiger partial charge < -0.3 is 19.7 Å². The largest absolute Gasteiger partial charge is 0.508 e. The predicted molar refractivity (Wildman–Crippen MR) is 105 cm³/mol. The number of benzene rings is 1. The van der Waals surface area contributed by atoms with Crippen LogP contribution < -0.4 is 0 Å². The smallest absolute Gasteiger partial charge is 0.336 e. The Labute approximate surface area is 164 Å². The summed E-state index contributed by atoms with van der Waals surface area (Å²) in [7, 11) is 1.37. The first-order valence-corrected chi connectivity index (χ1v) is 9.11. The number of phenols is 2. The third-order valence-electron chi connectivity index (χ3n) is 4.63. The molecule has 6 heteroatoms. The molecule has 150 valence electrons. The molecule has 1 aromatic rings. The first kappa shape index (κ1) is 21.4. The van der Waals surface area contributed by atoms with Gasteiger partial charge in [0.1, 0.15) is 17.8 Å². The van der Waals surface area contributed by atoms with E-state index in [0.29, 0.717) is 18.4 Å². The Kier molecular flexibility index (Phi) is 7.18. The third-order valence-corrected chi connectivity index (χ3v) is 4.63. The van der Waals surface area contributed by atoms with Crippen molar-refractivity contribution in [2.75, 3.05) is 7.11 Å². The maximum atomic E-state index is 12.3. The van der Waals surface area contributed by atoms with E-state index in [4.69, 9.17) is 9.47 Å². The van der Waals surface area contributed by atoms with Crippen molar-refractivity contribution in [2.45, 2.75) is 45.3 Å². The quantitative estimate of drug-likeness (QED) is 0.219. The lowest BCUT2D eigenvalue weighted by molar-refractivity contribution is -0.193. The van der Waals surface area contributed by atoms with Gasteiger partial charge in [0.15, 0.2) is 0 Å². The number of esters is 1. The number of cyclic esters (lactones) is 1. The first-order chi connectivity index (χ1) is 13.3. The summed E-state index contributed by atoms with van der Waals surface area (Å²) in [6.07, 6.45) is 9.08. The molecule has 0 bridgehead atoms. The molecule has 0 radical (unpaired) electrons. The first-order valence-electron chi connectivity index (χ1n) is 9.11. The van der Waals surface area contributed by atoms with E-state index in [2.05, 4.69) is 6.08 Å². The molecule has 1 atom stereocenters. The van der Waals surface area contributed by atoms with E-state index in [0.717, 1.165) is 24.7 Å². The molecule has 2 N–H and O–H groups in total. The average molecular weight is 386 g/mol. The molecule has 0 fully saturated rings. The van der Waals surface area contributed by atoms with E-state index in [-0.39, 0.29) is 17.1 Å². The van der Waals surface area contributed by atoms with E-state index in [1.165, 1.54) is 30.9 Å². The maximum absolute atomic E-state index is 12.3. The van der Waals surface area contributed by atoms with Crippen molar-refractivity contribution in [3.05, 3.63) is 58.7 Å². The number of phenolic OH excluding ortho intramolecular Hbond substituents is 2. The number of aromatic hydroxyl groups is 2. The minimum atomic E-state index is -1.55. The molecule has 0 aliphatic carbocycles. The van der Waals surface area contributed by atoms with Crippen molar-refractivity contribution in [2.24, 2.45) is 0 Å². The van der Waals surface area contributed by atoms with E-state index < -0.39 is 11.8 Å². The highest BCUT2D eigenvalue weighted by Gasteiger charge is 2.43. The maximum Gasteiger partial charge on any atom is 0.336 e. The molecular weight excluding hydrogens is 360 g/mol. The average Bonchev–Trinajstić information content (AvgIpc) is 3.00. The van der Waals surface area contributed by atoms with Crippen LogP contribution >= 0.6 is 0 Å². The SMILES string of the molecule is CO[C@]1(c2cc(O)ccc2O)C=C(CC/C=C(\C)CC/C=C(\C)C=O)C(=O)O1. The van der Waals surface area contributed by atoms with Crippen LogP contribution in [-0.2, 0) is 24.8 Å². The van der Waals surface area contributed by atoms with Gasteiger partial charge in [-0.25, -0.2) is 4.79 Å². The lowest BCUT2D eigenvalue weighted by Crippen LogP contribution is -2.27. The number of rotatable bonds is 9. The molecule has 0 aromatic heterocycles. The van der Waals surface area contributed by atoms with Gasteiger partial charge in [-0.3, -0.25) is 4.79 Å². The van der Waals surface area contributed by atoms with Crippen LogP contribution in [0.25, 0.3) is 0 Å². The summed E-state index contributed by atoms with van der Waals surface area (Å²) < 4.78 is 10.8. The molecule has 1 aromatic carbocycles. The number of hydrogen-bond acceptors (Lipinski definition) is 6. The Morgan fingerprint density at radius 3 is 2.64 bits per heavy atom. The number of carbonyl (C=O) groups excluding carboxylic acids is 2. The lowest BCUT2D eigenvalue weighted by Gasteiger charge is -2.25. The van der Waals surface area contributed by atoms with Crippen molar-refractivity contribution in [3.8, 4) is 11.5 Å². The fraction of sp³-hybridized carbons (Fsp3) is 0.364. The van der Waals surface area contributed by atoms with Gasteiger partial charge in [0.2, 0.25) is 0 Å². The summed E-state index contributed by atoms with van der Waals surface area (Å²) in [6, 6.07) is 3.96. The van der Waals surface area contributed by atoms with Crippen molar-refractivity contribution >= 4 is 12.3 Å². The Morgan fingerprint density at radius 1 is 1.21 bits per heavy atom. The normalized spacial score (nSPS) is 20.1. The minimum Gasteiger partial charge on any atom is -0.508 e. The predicted octanol–water partition coefficient (Wildman–Crippen LogP) is 4.03. The number of ether oxygens (including phenoxy) is 2. The molecular formula is C22H26O6. The summed E-state index contributed by atoms with van der Waals surface area (Å²) in [5.74, 6) is -2.27. The topological polar surface area (TPSA) is 93.1 Å². The fourth-order valence-electron chi connectivity index (χ4n) is 2.99. The summed E-state index contributed by atoms with van der Waals surface area (Å²) in [6.45, 7) is 3.78. The van der Waals surface area contributed by atoms with E-state index in [1.54, 1.807) is 13.0 Å². The fourth-order valence-corrected chi connectivity index (χ4v) is 2.99. The molecule has 0 unspecified atom stereocenters. The van der Waals surface area contributed by atoms with Crippen molar-refractivity contribution in [1.29, 1.82) is 0 Å². The molecule has 6 nitrogen and oxygen atoms in total. The zero-order valence-corrected chi connectivity index (χ0v) is 16.4. The van der Waals surface area contributed by atoms with Gasteiger partial charge in [-0.15, -0.1) is 0 Å². The molecule has 0 spiro atoms. The molecule has 2 rings (SSSR count). The van der Waals surface area contributed by atoms with Crippen LogP contribution in [0.3, 0.4) is 0 Å². The lowest BCUT2D eigenvalue weighted by atomic mass is 10.0. The summed E-state index contributed by atoms with van der Waals surface area (Å²) >= 11 is 0. The second-order valence-corrected chi connectivity index (χ2v) is 6.83.